The van der Waals surface area contributed by atoms with Crippen LogP contribution in [0.5, 0.6) is 0 Å². The molecule has 0 saturated heterocycles. The normalized spacial score (nSPS) is 13.1. The Balaban J connectivity index is 0. The Morgan fingerprint density at radius 2 is 1.43 bits per heavy atom. The van der Waals surface area contributed by atoms with E-state index in [-0.39, 0.29) is 11.1 Å². The average molecular weight is 296 g/mol. The molecule has 21 heavy (non-hydrogen) atoms. The van der Waals surface area contributed by atoms with Gasteiger partial charge in [0.05, 0.1) is 6.10 Å². The quantitative estimate of drug-likeness (QED) is 0.633. The van der Waals surface area contributed by atoms with Crippen molar-refractivity contribution >= 4 is 0 Å². The average Bonchev–Trinajstić information content (AvgIpc) is 2.40. The lowest BCUT2D eigenvalue weighted by Crippen LogP contribution is -2.00. The monoisotopic (exact) mass is 296 g/mol. The van der Waals surface area contributed by atoms with Crippen LogP contribution < -0.4 is 0 Å². The molecule has 0 amide bonds. The first-order valence-corrected chi connectivity index (χ1v) is 6.65. The Kier molecular flexibility index (Phi) is 11.3. The fraction of sp³-hybridized carbons (Fsp3) is 0.333. The van der Waals surface area contributed by atoms with Crippen LogP contribution in [0.25, 0.3) is 0 Å². The van der Waals surface area contributed by atoms with E-state index in [0.717, 1.165) is 12.0 Å². The van der Waals surface area contributed by atoms with Crippen LogP contribution in [-0.2, 0) is 0 Å². The topological polar surface area (TPSA) is 20.2 Å². The highest BCUT2D eigenvalue weighted by atomic mass is 19.2. The molecule has 0 aliphatic rings. The number of aliphatic hydroxyl groups is 1. The third kappa shape index (κ3) is 10.7. The van der Waals surface area contributed by atoms with E-state index in [9.17, 15) is 8.78 Å². The number of allylic oxidation sites excluding steroid dienone is 6. The van der Waals surface area contributed by atoms with Gasteiger partial charge in [-0.3, -0.25) is 0 Å². The number of aliphatic hydroxyl groups excluding tert-OH is 1. The molecule has 0 spiro atoms. The molecule has 0 aliphatic heterocycles. The van der Waals surface area contributed by atoms with Crippen molar-refractivity contribution in [3.8, 4) is 0 Å². The summed E-state index contributed by atoms with van der Waals surface area (Å²) >= 11 is 0. The number of rotatable bonds is 6. The SMILES string of the molecule is C=C/C(F)=C(/F)C(=C)C(=C)/C=C\C(=C)C(C)O.CC(C)C. The van der Waals surface area contributed by atoms with Crippen molar-refractivity contribution in [2.24, 2.45) is 5.92 Å². The number of hydrogen-bond acceptors (Lipinski definition) is 1. The van der Waals surface area contributed by atoms with Gasteiger partial charge >= 0.3 is 0 Å². The van der Waals surface area contributed by atoms with E-state index in [1.54, 1.807) is 6.92 Å². The van der Waals surface area contributed by atoms with Crippen molar-refractivity contribution in [2.75, 3.05) is 0 Å². The molecular formula is C18H26F2O. The summed E-state index contributed by atoms with van der Waals surface area (Å²) in [6, 6.07) is 0. The minimum absolute atomic E-state index is 0.169. The zero-order valence-electron chi connectivity index (χ0n) is 13.4. The molecule has 1 unspecified atom stereocenters. The Morgan fingerprint density at radius 3 is 1.76 bits per heavy atom. The van der Waals surface area contributed by atoms with Gasteiger partial charge in [0, 0.05) is 5.57 Å². The number of hydrogen-bond donors (Lipinski definition) is 1. The fourth-order valence-corrected chi connectivity index (χ4v) is 0.822. The molecule has 0 fully saturated rings. The first kappa shape index (κ1) is 21.6. The van der Waals surface area contributed by atoms with E-state index in [1.807, 2.05) is 0 Å². The molecule has 0 aromatic rings. The second-order valence-corrected chi connectivity index (χ2v) is 5.19. The van der Waals surface area contributed by atoms with E-state index in [4.69, 9.17) is 5.11 Å². The summed E-state index contributed by atoms with van der Waals surface area (Å²) in [5, 5.41) is 9.15. The summed E-state index contributed by atoms with van der Waals surface area (Å²) in [5.41, 5.74) is 0.464. The molecule has 0 radical (unpaired) electrons. The maximum Gasteiger partial charge on any atom is 0.165 e. The molecule has 1 atom stereocenters. The van der Waals surface area contributed by atoms with Crippen molar-refractivity contribution < 1.29 is 13.9 Å². The molecule has 0 heterocycles. The summed E-state index contributed by atoms with van der Waals surface area (Å²) in [4.78, 5) is 0. The lowest BCUT2D eigenvalue weighted by atomic mass is 10.1. The summed E-state index contributed by atoms with van der Waals surface area (Å²) in [7, 11) is 0. The second kappa shape index (κ2) is 11.0. The molecule has 1 nitrogen and oxygen atoms in total. The van der Waals surface area contributed by atoms with Gasteiger partial charge in [-0.2, -0.15) is 0 Å². The largest absolute Gasteiger partial charge is 0.389 e. The van der Waals surface area contributed by atoms with Crippen LogP contribution in [-0.4, -0.2) is 11.2 Å². The van der Waals surface area contributed by atoms with Gasteiger partial charge in [-0.25, -0.2) is 8.78 Å². The third-order valence-corrected chi connectivity index (χ3v) is 2.08. The van der Waals surface area contributed by atoms with Gasteiger partial charge in [-0.05, 0) is 30.1 Å². The fourth-order valence-electron chi connectivity index (χ4n) is 0.822. The summed E-state index contributed by atoms with van der Waals surface area (Å²) in [6.45, 7) is 21.7. The molecule has 118 valence electrons. The van der Waals surface area contributed by atoms with Crippen molar-refractivity contribution in [3.05, 3.63) is 72.9 Å². The van der Waals surface area contributed by atoms with Gasteiger partial charge in [-0.15, -0.1) is 0 Å². The van der Waals surface area contributed by atoms with Gasteiger partial charge in [0.1, 0.15) is 0 Å². The highest BCUT2D eigenvalue weighted by molar-refractivity contribution is 5.49. The maximum atomic E-state index is 13.3. The van der Waals surface area contributed by atoms with E-state index in [2.05, 4.69) is 47.1 Å². The van der Waals surface area contributed by atoms with Crippen LogP contribution in [0.4, 0.5) is 8.78 Å². The van der Waals surface area contributed by atoms with Crippen molar-refractivity contribution in [2.45, 2.75) is 33.8 Å². The zero-order chi connectivity index (χ0) is 17.2. The van der Waals surface area contributed by atoms with Gasteiger partial charge < -0.3 is 5.11 Å². The molecule has 0 aliphatic carbocycles. The Morgan fingerprint density at radius 1 is 1.00 bits per heavy atom. The Hall–Kier alpha value is -1.74. The maximum absolute atomic E-state index is 13.3. The minimum Gasteiger partial charge on any atom is -0.389 e. The summed E-state index contributed by atoms with van der Waals surface area (Å²) in [5.74, 6) is -1.35. The van der Waals surface area contributed by atoms with Gasteiger partial charge in [-0.1, -0.05) is 59.2 Å². The van der Waals surface area contributed by atoms with Crippen LogP contribution in [0.1, 0.15) is 27.7 Å². The standard InChI is InChI=1S/C14H16F2O.C4H10/c1-6-13(15)14(16)11(4)9(2)7-8-10(3)12(5)17;1-4(2)3/h6-8,12,17H,1-4H2,5H3;4H,1-3H3/b8-7-,14-13-;. The molecule has 0 rings (SSSR count). The van der Waals surface area contributed by atoms with Crippen LogP contribution >= 0.6 is 0 Å². The Labute approximate surface area is 127 Å². The zero-order valence-corrected chi connectivity index (χ0v) is 13.4. The lowest BCUT2D eigenvalue weighted by Gasteiger charge is -2.05. The lowest BCUT2D eigenvalue weighted by molar-refractivity contribution is 0.236. The summed E-state index contributed by atoms with van der Waals surface area (Å²) < 4.78 is 26.2. The van der Waals surface area contributed by atoms with E-state index in [0.29, 0.717) is 5.57 Å². The van der Waals surface area contributed by atoms with Crippen LogP contribution in [0, 0.1) is 5.92 Å². The predicted octanol–water partition coefficient (Wildman–Crippen LogP) is 5.59. The predicted molar refractivity (Wildman–Crippen MR) is 88.2 cm³/mol. The van der Waals surface area contributed by atoms with Gasteiger partial charge in [0.15, 0.2) is 11.7 Å². The van der Waals surface area contributed by atoms with E-state index < -0.39 is 17.8 Å². The molecule has 0 aromatic heterocycles. The van der Waals surface area contributed by atoms with Crippen molar-refractivity contribution in [3.63, 3.8) is 0 Å². The van der Waals surface area contributed by atoms with Crippen molar-refractivity contribution in [1.82, 2.24) is 0 Å². The van der Waals surface area contributed by atoms with Crippen LogP contribution in [0.2, 0.25) is 0 Å². The van der Waals surface area contributed by atoms with Crippen LogP contribution in [0.3, 0.4) is 0 Å². The highest BCUT2D eigenvalue weighted by Gasteiger charge is 2.09. The highest BCUT2D eigenvalue weighted by Crippen LogP contribution is 2.23. The first-order valence-electron chi connectivity index (χ1n) is 6.65. The molecule has 0 saturated carbocycles. The minimum atomic E-state index is -1.10. The van der Waals surface area contributed by atoms with Gasteiger partial charge in [0.2, 0.25) is 0 Å². The van der Waals surface area contributed by atoms with Crippen LogP contribution in [0.15, 0.2) is 72.9 Å². The molecule has 1 N–H and O–H groups in total. The Bertz CT molecular complexity index is 449. The van der Waals surface area contributed by atoms with E-state index >= 15 is 0 Å². The van der Waals surface area contributed by atoms with Gasteiger partial charge in [0.25, 0.3) is 0 Å². The number of halogens is 2. The first-order chi connectivity index (χ1) is 9.54. The van der Waals surface area contributed by atoms with E-state index in [1.165, 1.54) is 12.2 Å². The molecular weight excluding hydrogens is 270 g/mol. The molecule has 0 aromatic carbocycles. The smallest absolute Gasteiger partial charge is 0.165 e. The summed E-state index contributed by atoms with van der Waals surface area (Å²) in [6.07, 6.45) is 2.93. The molecule has 3 heteroatoms. The molecule has 0 bridgehead atoms. The van der Waals surface area contributed by atoms with Crippen molar-refractivity contribution in [1.29, 1.82) is 0 Å². The third-order valence-electron chi connectivity index (χ3n) is 2.08. The second-order valence-electron chi connectivity index (χ2n) is 5.19.